The summed E-state index contributed by atoms with van der Waals surface area (Å²) in [6.45, 7) is 0.629. The topological polar surface area (TPSA) is 99.8 Å². The van der Waals surface area contributed by atoms with E-state index in [1.54, 1.807) is 31.4 Å². The van der Waals surface area contributed by atoms with Crippen molar-refractivity contribution in [2.24, 2.45) is 5.92 Å². The molecule has 0 bridgehead atoms. The maximum absolute atomic E-state index is 12.4. The molecule has 3 aromatic rings. The molecule has 1 atom stereocenters. The van der Waals surface area contributed by atoms with E-state index in [2.05, 4.69) is 37.9 Å². The van der Waals surface area contributed by atoms with Gasteiger partial charge in [-0.15, -0.1) is 0 Å². The maximum atomic E-state index is 12.4. The zero-order valence-electron chi connectivity index (χ0n) is 16.2. The summed E-state index contributed by atoms with van der Waals surface area (Å²) in [5.74, 6) is 0.979. The number of hydrogen-bond acceptors (Lipinski definition) is 5. The van der Waals surface area contributed by atoms with Gasteiger partial charge in [0.25, 0.3) is 11.5 Å². The Bertz CT molecular complexity index is 1070. The summed E-state index contributed by atoms with van der Waals surface area (Å²) in [6.07, 6.45) is 4.58. The largest absolute Gasteiger partial charge is 0.372 e. The molecule has 148 valence electrons. The van der Waals surface area contributed by atoms with Crippen LogP contribution in [0.2, 0.25) is 0 Å². The number of carbonyl (C=O) groups is 1. The van der Waals surface area contributed by atoms with E-state index >= 15 is 0 Å². The first kappa shape index (κ1) is 18.9. The molecule has 29 heavy (non-hydrogen) atoms. The lowest BCUT2D eigenvalue weighted by Gasteiger charge is -2.11. The van der Waals surface area contributed by atoms with Crippen LogP contribution in [-0.2, 0) is 12.8 Å². The summed E-state index contributed by atoms with van der Waals surface area (Å²) in [7, 11) is 1.76. The second-order valence-corrected chi connectivity index (χ2v) is 7.26. The lowest BCUT2D eigenvalue weighted by atomic mass is 10.0. The van der Waals surface area contributed by atoms with Crippen molar-refractivity contribution in [2.45, 2.75) is 19.3 Å². The van der Waals surface area contributed by atoms with Crippen LogP contribution in [-0.4, -0.2) is 34.7 Å². The van der Waals surface area contributed by atoms with E-state index in [0.29, 0.717) is 23.8 Å². The standard InChI is InChI=1S/C22H23N5O2/c1-23-21-18(3-2-9-24-21)22(29)25-10-8-14-11-15-4-5-16(13-17(15)12-14)19-6-7-20(28)27-26-19/h2-7,9,13-14H,8,10-12H2,1H3,(H,23,24)(H,25,29)(H,27,28). The number of fused-ring (bicyclic) bond motifs is 1. The minimum Gasteiger partial charge on any atom is -0.372 e. The SMILES string of the molecule is CNc1ncccc1C(=O)NCCC1Cc2ccc(-c3ccc(=O)[nH]n3)cc2C1. The highest BCUT2D eigenvalue weighted by Gasteiger charge is 2.22. The Hall–Kier alpha value is -3.48. The Morgan fingerprint density at radius 3 is 2.83 bits per heavy atom. The van der Waals surface area contributed by atoms with Gasteiger partial charge in [0.15, 0.2) is 0 Å². The number of nitrogens with one attached hydrogen (secondary N) is 3. The molecule has 0 aliphatic heterocycles. The van der Waals surface area contributed by atoms with Crippen molar-refractivity contribution in [3.8, 4) is 11.3 Å². The molecule has 0 radical (unpaired) electrons. The molecule has 1 aliphatic rings. The van der Waals surface area contributed by atoms with Gasteiger partial charge in [-0.05, 0) is 60.6 Å². The summed E-state index contributed by atoms with van der Waals surface area (Å²) < 4.78 is 0. The van der Waals surface area contributed by atoms with Gasteiger partial charge >= 0.3 is 0 Å². The van der Waals surface area contributed by atoms with E-state index in [0.717, 1.165) is 30.5 Å². The highest BCUT2D eigenvalue weighted by molar-refractivity contribution is 5.98. The lowest BCUT2D eigenvalue weighted by molar-refractivity contribution is 0.0952. The van der Waals surface area contributed by atoms with Gasteiger partial charge in [-0.25, -0.2) is 10.1 Å². The minimum absolute atomic E-state index is 0.107. The fourth-order valence-electron chi connectivity index (χ4n) is 3.85. The number of pyridine rings is 1. The lowest BCUT2D eigenvalue weighted by Crippen LogP contribution is -2.27. The quantitative estimate of drug-likeness (QED) is 0.601. The van der Waals surface area contributed by atoms with Gasteiger partial charge in [0.2, 0.25) is 0 Å². The maximum Gasteiger partial charge on any atom is 0.264 e. The monoisotopic (exact) mass is 389 g/mol. The summed E-state index contributed by atoms with van der Waals surface area (Å²) in [5, 5.41) is 12.5. The van der Waals surface area contributed by atoms with Gasteiger partial charge in [-0.3, -0.25) is 9.59 Å². The molecule has 0 saturated heterocycles. The fraction of sp³-hybridized carbons (Fsp3) is 0.273. The molecule has 0 saturated carbocycles. The van der Waals surface area contributed by atoms with Crippen molar-refractivity contribution in [3.05, 3.63) is 75.7 Å². The fourth-order valence-corrected chi connectivity index (χ4v) is 3.85. The Morgan fingerprint density at radius 2 is 2.03 bits per heavy atom. The first-order valence-electron chi connectivity index (χ1n) is 9.73. The molecule has 2 heterocycles. The summed E-state index contributed by atoms with van der Waals surface area (Å²) in [6, 6.07) is 13.1. The Morgan fingerprint density at radius 1 is 1.17 bits per heavy atom. The number of carbonyl (C=O) groups excluding carboxylic acids is 1. The normalized spacial score (nSPS) is 15.0. The first-order chi connectivity index (χ1) is 14.1. The van der Waals surface area contributed by atoms with Crippen LogP contribution in [0.25, 0.3) is 11.3 Å². The van der Waals surface area contributed by atoms with Gasteiger partial charge in [0, 0.05) is 31.4 Å². The highest BCUT2D eigenvalue weighted by atomic mass is 16.1. The molecular formula is C22H23N5O2. The van der Waals surface area contributed by atoms with Crippen LogP contribution in [0.15, 0.2) is 53.5 Å². The van der Waals surface area contributed by atoms with E-state index in [1.807, 2.05) is 6.07 Å². The number of H-pyrrole nitrogens is 1. The van der Waals surface area contributed by atoms with Crippen LogP contribution in [0.3, 0.4) is 0 Å². The number of hydrogen-bond donors (Lipinski definition) is 3. The molecule has 7 nitrogen and oxygen atoms in total. The molecule has 0 fully saturated rings. The number of amides is 1. The Kier molecular flexibility index (Phi) is 5.37. The average molecular weight is 389 g/mol. The molecule has 7 heteroatoms. The molecule has 1 amide bonds. The molecule has 3 N–H and O–H groups in total. The highest BCUT2D eigenvalue weighted by Crippen LogP contribution is 2.31. The van der Waals surface area contributed by atoms with Crippen molar-refractivity contribution >= 4 is 11.7 Å². The molecule has 4 rings (SSSR count). The molecule has 0 spiro atoms. The third-order valence-electron chi connectivity index (χ3n) is 5.33. The van der Waals surface area contributed by atoms with Crippen molar-refractivity contribution < 1.29 is 4.79 Å². The predicted molar refractivity (Wildman–Crippen MR) is 112 cm³/mol. The molecule has 1 unspecified atom stereocenters. The molecular weight excluding hydrogens is 366 g/mol. The van der Waals surface area contributed by atoms with Crippen LogP contribution >= 0.6 is 0 Å². The minimum atomic E-state index is -0.204. The van der Waals surface area contributed by atoms with E-state index in [1.165, 1.54) is 17.2 Å². The second-order valence-electron chi connectivity index (χ2n) is 7.26. The Labute approximate surface area is 168 Å². The third-order valence-corrected chi connectivity index (χ3v) is 5.33. The second kappa shape index (κ2) is 8.26. The average Bonchev–Trinajstić information content (AvgIpc) is 3.16. The van der Waals surface area contributed by atoms with Gasteiger partial charge in [-0.1, -0.05) is 12.1 Å². The van der Waals surface area contributed by atoms with E-state index < -0.39 is 0 Å². The first-order valence-corrected chi connectivity index (χ1v) is 9.73. The predicted octanol–water partition coefficient (Wildman–Crippen LogP) is 2.41. The van der Waals surface area contributed by atoms with Crippen LogP contribution in [0.1, 0.15) is 27.9 Å². The van der Waals surface area contributed by atoms with Gasteiger partial charge < -0.3 is 10.6 Å². The van der Waals surface area contributed by atoms with E-state index in [4.69, 9.17) is 0 Å². The summed E-state index contributed by atoms with van der Waals surface area (Å²) in [4.78, 5) is 27.8. The van der Waals surface area contributed by atoms with Crippen LogP contribution < -0.4 is 16.2 Å². The van der Waals surface area contributed by atoms with Crippen molar-refractivity contribution in [2.75, 3.05) is 18.9 Å². The summed E-state index contributed by atoms with van der Waals surface area (Å²) >= 11 is 0. The number of nitrogens with zero attached hydrogens (tertiary/aromatic N) is 2. The van der Waals surface area contributed by atoms with Crippen LogP contribution in [0.5, 0.6) is 0 Å². The third kappa shape index (κ3) is 4.18. The number of anilines is 1. The van der Waals surface area contributed by atoms with E-state index in [9.17, 15) is 9.59 Å². The smallest absolute Gasteiger partial charge is 0.264 e. The molecule has 2 aromatic heterocycles. The van der Waals surface area contributed by atoms with Gasteiger partial charge in [0.05, 0.1) is 11.3 Å². The van der Waals surface area contributed by atoms with Crippen LogP contribution in [0.4, 0.5) is 5.82 Å². The molecule has 1 aliphatic carbocycles. The van der Waals surface area contributed by atoms with E-state index in [-0.39, 0.29) is 11.5 Å². The van der Waals surface area contributed by atoms with Crippen molar-refractivity contribution in [1.82, 2.24) is 20.5 Å². The van der Waals surface area contributed by atoms with Crippen LogP contribution in [0, 0.1) is 5.92 Å². The van der Waals surface area contributed by atoms with Crippen molar-refractivity contribution in [3.63, 3.8) is 0 Å². The number of aromatic nitrogens is 3. The number of benzene rings is 1. The summed E-state index contributed by atoms with van der Waals surface area (Å²) in [5.41, 5.74) is 4.79. The van der Waals surface area contributed by atoms with Gasteiger partial charge in [-0.2, -0.15) is 5.10 Å². The zero-order valence-corrected chi connectivity index (χ0v) is 16.2. The number of aromatic amines is 1. The zero-order chi connectivity index (χ0) is 20.2. The molecule has 1 aromatic carbocycles. The Balaban J connectivity index is 1.35. The van der Waals surface area contributed by atoms with Gasteiger partial charge in [0.1, 0.15) is 5.82 Å². The van der Waals surface area contributed by atoms with Crippen molar-refractivity contribution in [1.29, 1.82) is 0 Å². The number of rotatable bonds is 6.